The summed E-state index contributed by atoms with van der Waals surface area (Å²) < 4.78 is 16.3. The van der Waals surface area contributed by atoms with Gasteiger partial charge in [-0.25, -0.2) is 4.98 Å². The van der Waals surface area contributed by atoms with Crippen molar-refractivity contribution < 1.29 is 18.5 Å². The molecule has 1 unspecified atom stereocenters. The molecule has 8 heteroatoms. The second-order valence-corrected chi connectivity index (χ2v) is 6.98. The van der Waals surface area contributed by atoms with Crippen molar-refractivity contribution in [2.24, 2.45) is 5.92 Å². The Balaban J connectivity index is 1.36. The summed E-state index contributed by atoms with van der Waals surface area (Å²) in [7, 11) is 0. The Morgan fingerprint density at radius 2 is 2.24 bits per heavy atom. The second kappa shape index (κ2) is 6.59. The number of rotatable bonds is 3. The lowest BCUT2D eigenvalue weighted by molar-refractivity contribution is -0.123. The molecule has 4 rings (SSSR count). The lowest BCUT2D eigenvalue weighted by Crippen LogP contribution is -2.51. The van der Waals surface area contributed by atoms with Crippen LogP contribution in [0.3, 0.4) is 0 Å². The van der Waals surface area contributed by atoms with Crippen LogP contribution in [0.25, 0.3) is 0 Å². The van der Waals surface area contributed by atoms with Gasteiger partial charge in [0.15, 0.2) is 12.2 Å². The summed E-state index contributed by atoms with van der Waals surface area (Å²) in [4.78, 5) is 22.3. The number of amides is 1. The summed E-state index contributed by atoms with van der Waals surface area (Å²) in [5, 5.41) is 4.01. The number of carbonyl (C=O) groups excluding carboxylic acids is 1. The molecular formula is C17H22N4O4. The minimum atomic E-state index is -0.139. The third-order valence-electron chi connectivity index (χ3n) is 5.24. The molecule has 0 aliphatic carbocycles. The predicted molar refractivity (Wildman–Crippen MR) is 85.8 cm³/mol. The smallest absolute Gasteiger partial charge is 0.291 e. The molecule has 8 nitrogen and oxygen atoms in total. The van der Waals surface area contributed by atoms with Crippen LogP contribution in [-0.4, -0.2) is 51.2 Å². The van der Waals surface area contributed by atoms with Gasteiger partial charge in [-0.05, 0) is 31.6 Å². The molecule has 1 amide bonds. The highest BCUT2D eigenvalue weighted by molar-refractivity contribution is 5.91. The molecule has 1 spiro atoms. The predicted octanol–water partition coefficient (Wildman–Crippen LogP) is 2.01. The molecule has 0 aromatic carbocycles. The van der Waals surface area contributed by atoms with Crippen molar-refractivity contribution in [1.82, 2.24) is 20.0 Å². The molecule has 0 saturated carbocycles. The van der Waals surface area contributed by atoms with Crippen molar-refractivity contribution in [2.75, 3.05) is 19.7 Å². The number of carbonyl (C=O) groups is 1. The van der Waals surface area contributed by atoms with Gasteiger partial charge in [0.1, 0.15) is 0 Å². The number of aryl methyl sites for hydroxylation is 1. The Kier molecular flexibility index (Phi) is 4.29. The van der Waals surface area contributed by atoms with Gasteiger partial charge in [-0.2, -0.15) is 4.98 Å². The Labute approximate surface area is 145 Å². The molecule has 0 N–H and O–H groups in total. The van der Waals surface area contributed by atoms with E-state index >= 15 is 0 Å². The number of nitrogens with zero attached hydrogens (tertiary/aromatic N) is 4. The Morgan fingerprint density at radius 3 is 2.92 bits per heavy atom. The highest BCUT2D eigenvalue weighted by Gasteiger charge is 2.41. The third-order valence-corrected chi connectivity index (χ3v) is 5.24. The molecule has 0 bridgehead atoms. The first-order chi connectivity index (χ1) is 12.1. The molecule has 1 atom stereocenters. The van der Waals surface area contributed by atoms with Crippen LogP contribution in [-0.2, 0) is 11.2 Å². The van der Waals surface area contributed by atoms with Gasteiger partial charge in [0.2, 0.25) is 11.7 Å². The highest BCUT2D eigenvalue weighted by atomic mass is 16.5. The lowest BCUT2D eigenvalue weighted by Gasteiger charge is -2.46. The van der Waals surface area contributed by atoms with E-state index in [2.05, 4.69) is 15.1 Å². The molecule has 2 aromatic rings. The maximum atomic E-state index is 12.4. The number of oxazole rings is 1. The van der Waals surface area contributed by atoms with Crippen molar-refractivity contribution in [3.05, 3.63) is 30.1 Å². The summed E-state index contributed by atoms with van der Waals surface area (Å²) in [5.41, 5.74) is -0.139. The summed E-state index contributed by atoms with van der Waals surface area (Å²) in [6.07, 6.45) is 7.24. The number of hydrogen-bond donors (Lipinski definition) is 0. The number of likely N-dealkylation sites (tertiary alicyclic amines) is 1. The van der Waals surface area contributed by atoms with E-state index in [4.69, 9.17) is 13.7 Å². The maximum absolute atomic E-state index is 12.4. The summed E-state index contributed by atoms with van der Waals surface area (Å²) in [5.74, 6) is 2.07. The van der Waals surface area contributed by atoms with Crippen molar-refractivity contribution in [3.8, 4) is 0 Å². The van der Waals surface area contributed by atoms with Gasteiger partial charge >= 0.3 is 0 Å². The normalized spacial score (nSPS) is 23.1. The van der Waals surface area contributed by atoms with Crippen molar-refractivity contribution in [3.63, 3.8) is 0 Å². The van der Waals surface area contributed by atoms with Crippen LogP contribution >= 0.6 is 0 Å². The number of aromatic nitrogens is 3. The van der Waals surface area contributed by atoms with E-state index < -0.39 is 0 Å². The zero-order valence-corrected chi connectivity index (χ0v) is 14.3. The first-order valence-corrected chi connectivity index (χ1v) is 8.74. The van der Waals surface area contributed by atoms with Gasteiger partial charge < -0.3 is 18.6 Å². The van der Waals surface area contributed by atoms with E-state index in [9.17, 15) is 4.79 Å². The van der Waals surface area contributed by atoms with Gasteiger partial charge in [-0.1, -0.05) is 5.16 Å². The fourth-order valence-electron chi connectivity index (χ4n) is 3.93. The second-order valence-electron chi connectivity index (χ2n) is 6.98. The van der Waals surface area contributed by atoms with E-state index in [1.54, 1.807) is 0 Å². The minimum Gasteiger partial charge on any atom is -0.438 e. The summed E-state index contributed by atoms with van der Waals surface area (Å²) >= 11 is 0. The molecule has 134 valence electrons. The van der Waals surface area contributed by atoms with Crippen molar-refractivity contribution in [2.45, 2.75) is 44.6 Å². The zero-order valence-electron chi connectivity index (χ0n) is 14.3. The summed E-state index contributed by atoms with van der Waals surface area (Å²) in [6, 6.07) is 0. The molecule has 4 heterocycles. The Morgan fingerprint density at radius 1 is 1.40 bits per heavy atom. The van der Waals surface area contributed by atoms with Crippen LogP contribution in [0.5, 0.6) is 0 Å². The van der Waals surface area contributed by atoms with Crippen LogP contribution in [0.1, 0.15) is 48.0 Å². The number of hydrogen-bond acceptors (Lipinski definition) is 7. The number of ether oxygens (including phenoxy) is 1. The zero-order chi connectivity index (χ0) is 17.3. The van der Waals surface area contributed by atoms with Crippen molar-refractivity contribution in [1.29, 1.82) is 0 Å². The molecule has 25 heavy (non-hydrogen) atoms. The molecule has 2 saturated heterocycles. The molecule has 2 aliphatic heterocycles. The first kappa shape index (κ1) is 16.3. The standard InChI is InChI=1S/C17H22N4O4/c1-12-19-15(20-25-12)8-13-2-7-24-17(9-13)3-5-21(6-4-17)16(22)14-10-18-11-23-14/h10-11,13H,2-9H2,1H3. The quantitative estimate of drug-likeness (QED) is 0.839. The Hall–Kier alpha value is -2.22. The fraction of sp³-hybridized carbons (Fsp3) is 0.647. The largest absolute Gasteiger partial charge is 0.438 e. The Bertz CT molecular complexity index is 719. The van der Waals surface area contributed by atoms with E-state index in [0.29, 0.717) is 30.7 Å². The minimum absolute atomic E-state index is 0.0954. The molecular weight excluding hydrogens is 324 g/mol. The average molecular weight is 346 g/mol. The average Bonchev–Trinajstić information content (AvgIpc) is 3.27. The van der Waals surface area contributed by atoms with Gasteiger partial charge in [0, 0.05) is 33.0 Å². The van der Waals surface area contributed by atoms with Crippen LogP contribution < -0.4 is 0 Å². The highest BCUT2D eigenvalue weighted by Crippen LogP contribution is 2.38. The maximum Gasteiger partial charge on any atom is 0.291 e. The summed E-state index contributed by atoms with van der Waals surface area (Å²) in [6.45, 7) is 3.90. The monoisotopic (exact) mass is 346 g/mol. The topological polar surface area (TPSA) is 94.5 Å². The third kappa shape index (κ3) is 3.44. The lowest BCUT2D eigenvalue weighted by atomic mass is 9.78. The fourth-order valence-corrected chi connectivity index (χ4v) is 3.93. The molecule has 2 aromatic heterocycles. The van der Waals surface area contributed by atoms with Crippen molar-refractivity contribution >= 4 is 5.91 Å². The van der Waals surface area contributed by atoms with Gasteiger partial charge in [0.25, 0.3) is 5.91 Å². The van der Waals surface area contributed by atoms with E-state index in [-0.39, 0.29) is 11.5 Å². The number of piperidine rings is 1. The van der Waals surface area contributed by atoms with Gasteiger partial charge in [0.05, 0.1) is 11.8 Å². The van der Waals surface area contributed by atoms with Crippen LogP contribution in [0.15, 0.2) is 21.5 Å². The van der Waals surface area contributed by atoms with E-state index in [1.165, 1.54) is 12.6 Å². The van der Waals surface area contributed by atoms with Crippen LogP contribution in [0, 0.1) is 12.8 Å². The van der Waals surface area contributed by atoms with E-state index in [0.717, 1.165) is 44.5 Å². The van der Waals surface area contributed by atoms with E-state index in [1.807, 2.05) is 11.8 Å². The first-order valence-electron chi connectivity index (χ1n) is 8.74. The van der Waals surface area contributed by atoms with Crippen LogP contribution in [0.4, 0.5) is 0 Å². The van der Waals surface area contributed by atoms with Crippen LogP contribution in [0.2, 0.25) is 0 Å². The molecule has 0 radical (unpaired) electrons. The SMILES string of the molecule is Cc1nc(CC2CCOC3(CCN(C(=O)c4cnco4)CC3)C2)no1. The van der Waals surface area contributed by atoms with Gasteiger partial charge in [-0.3, -0.25) is 4.79 Å². The van der Waals surface area contributed by atoms with Gasteiger partial charge in [-0.15, -0.1) is 0 Å². The molecule has 2 fully saturated rings. The molecule has 2 aliphatic rings.